The number of aromatic nitrogens is 2. The van der Waals surface area contributed by atoms with Gasteiger partial charge in [-0.1, -0.05) is 72.8 Å². The van der Waals surface area contributed by atoms with Crippen LogP contribution in [-0.4, -0.2) is 65.0 Å². The SMILES string of the molecule is COc1ccc(C2CC(C(F)(F)F)n3ncc(C(=O)N4CCN(C(c5ccccc5)c5ccccc5)CC4)c3N2)cc1. The number of piperazine rings is 1. The van der Waals surface area contributed by atoms with Gasteiger partial charge in [0, 0.05) is 32.6 Å². The lowest BCUT2D eigenvalue weighted by Crippen LogP contribution is -2.50. The maximum absolute atomic E-state index is 14.2. The predicted molar refractivity (Wildman–Crippen MR) is 153 cm³/mol. The molecule has 10 heteroatoms. The standard InChI is InChI=1S/C32H32F3N5O2/c1-42-25-14-12-22(13-15-25)27-20-28(32(33,34)35)40-30(37-27)26(21-36-40)31(41)39-18-16-38(17-19-39)29(23-8-4-2-5-9-23)24-10-6-3-7-11-24/h2-15,21,27-29,37H,16-20H2,1H3. The fourth-order valence-electron chi connectivity index (χ4n) is 6.01. The molecule has 7 nitrogen and oxygen atoms in total. The van der Waals surface area contributed by atoms with Crippen LogP contribution in [0.5, 0.6) is 5.75 Å². The Morgan fingerprint density at radius 1 is 0.905 bits per heavy atom. The molecule has 1 saturated heterocycles. The Kier molecular flexibility index (Phi) is 7.64. The van der Waals surface area contributed by atoms with Crippen LogP contribution in [0.3, 0.4) is 0 Å². The molecule has 218 valence electrons. The third-order valence-electron chi connectivity index (χ3n) is 8.18. The van der Waals surface area contributed by atoms with Crippen molar-refractivity contribution in [2.75, 3.05) is 38.6 Å². The average Bonchev–Trinajstić information content (AvgIpc) is 3.45. The number of amides is 1. The van der Waals surface area contributed by atoms with Crippen molar-refractivity contribution in [2.45, 2.75) is 30.7 Å². The molecule has 3 aromatic carbocycles. The minimum Gasteiger partial charge on any atom is -0.497 e. The highest BCUT2D eigenvalue weighted by atomic mass is 19.4. The van der Waals surface area contributed by atoms with Gasteiger partial charge in [0.1, 0.15) is 17.1 Å². The Balaban J connectivity index is 1.23. The zero-order valence-corrected chi connectivity index (χ0v) is 23.2. The number of carbonyl (C=O) groups excluding carboxylic acids is 1. The molecule has 1 aromatic heterocycles. The highest BCUT2D eigenvalue weighted by molar-refractivity contribution is 5.99. The van der Waals surface area contributed by atoms with E-state index in [0.29, 0.717) is 37.5 Å². The highest BCUT2D eigenvalue weighted by Gasteiger charge is 2.47. The molecule has 0 spiro atoms. The van der Waals surface area contributed by atoms with Gasteiger partial charge >= 0.3 is 6.18 Å². The summed E-state index contributed by atoms with van der Waals surface area (Å²) in [7, 11) is 1.54. The molecular weight excluding hydrogens is 543 g/mol. The van der Waals surface area contributed by atoms with Gasteiger partial charge in [-0.15, -0.1) is 0 Å². The second-order valence-corrected chi connectivity index (χ2v) is 10.7. The molecule has 2 aliphatic rings. The molecule has 2 atom stereocenters. The van der Waals surface area contributed by atoms with Crippen molar-refractivity contribution < 1.29 is 22.7 Å². The van der Waals surface area contributed by atoms with E-state index < -0.39 is 18.3 Å². The number of fused-ring (bicyclic) bond motifs is 1. The summed E-state index contributed by atoms with van der Waals surface area (Å²) in [6.45, 7) is 2.14. The number of anilines is 1. The van der Waals surface area contributed by atoms with E-state index in [9.17, 15) is 18.0 Å². The Bertz CT molecular complexity index is 1460. The summed E-state index contributed by atoms with van der Waals surface area (Å²) < 4.78 is 48.7. The van der Waals surface area contributed by atoms with Crippen LogP contribution in [0, 0.1) is 0 Å². The van der Waals surface area contributed by atoms with Gasteiger partial charge in [0.15, 0.2) is 6.04 Å². The van der Waals surface area contributed by atoms with Crippen LogP contribution in [-0.2, 0) is 0 Å². The molecule has 4 aromatic rings. The van der Waals surface area contributed by atoms with Crippen LogP contribution < -0.4 is 10.1 Å². The number of halogens is 3. The number of benzene rings is 3. The van der Waals surface area contributed by atoms with Crippen LogP contribution in [0.4, 0.5) is 19.0 Å². The van der Waals surface area contributed by atoms with E-state index in [1.807, 2.05) is 36.4 Å². The molecule has 2 aliphatic heterocycles. The summed E-state index contributed by atoms with van der Waals surface area (Å²) in [5.74, 6) is 0.391. The Labute approximate surface area is 242 Å². The molecule has 2 unspecified atom stereocenters. The van der Waals surface area contributed by atoms with E-state index in [0.717, 1.165) is 4.68 Å². The van der Waals surface area contributed by atoms with Crippen molar-refractivity contribution in [1.82, 2.24) is 19.6 Å². The summed E-state index contributed by atoms with van der Waals surface area (Å²) >= 11 is 0. The molecule has 0 saturated carbocycles. The third kappa shape index (κ3) is 5.46. The van der Waals surface area contributed by atoms with Crippen molar-refractivity contribution >= 4 is 11.7 Å². The topological polar surface area (TPSA) is 62.6 Å². The minimum absolute atomic E-state index is 0.0352. The molecule has 42 heavy (non-hydrogen) atoms. The molecule has 1 fully saturated rings. The van der Waals surface area contributed by atoms with Gasteiger partial charge in [0.2, 0.25) is 0 Å². The van der Waals surface area contributed by atoms with Crippen LogP contribution in [0.2, 0.25) is 0 Å². The molecular formula is C32H32F3N5O2. The number of nitrogens with one attached hydrogen (secondary N) is 1. The first-order chi connectivity index (χ1) is 20.3. The van der Waals surface area contributed by atoms with Gasteiger partial charge in [-0.3, -0.25) is 9.69 Å². The number of hydrogen-bond acceptors (Lipinski definition) is 5. The number of hydrogen-bond donors (Lipinski definition) is 1. The van der Waals surface area contributed by atoms with Crippen LogP contribution >= 0.6 is 0 Å². The molecule has 1 N–H and O–H groups in total. The van der Waals surface area contributed by atoms with Gasteiger partial charge in [0.25, 0.3) is 5.91 Å². The fraction of sp³-hybridized carbons (Fsp3) is 0.312. The Morgan fingerprint density at radius 2 is 1.50 bits per heavy atom. The summed E-state index contributed by atoms with van der Waals surface area (Å²) in [5, 5.41) is 7.25. The van der Waals surface area contributed by atoms with Crippen molar-refractivity contribution in [1.29, 1.82) is 0 Å². The van der Waals surface area contributed by atoms with Crippen molar-refractivity contribution in [2.24, 2.45) is 0 Å². The van der Waals surface area contributed by atoms with E-state index >= 15 is 0 Å². The van der Waals surface area contributed by atoms with E-state index in [-0.39, 0.29) is 29.8 Å². The fourth-order valence-corrected chi connectivity index (χ4v) is 6.01. The number of rotatable bonds is 6. The Hall–Kier alpha value is -4.31. The summed E-state index contributed by atoms with van der Waals surface area (Å²) in [4.78, 5) is 17.8. The molecule has 0 radical (unpaired) electrons. The number of alkyl halides is 3. The lowest BCUT2D eigenvalue weighted by Gasteiger charge is -2.40. The zero-order chi connectivity index (χ0) is 29.3. The third-order valence-corrected chi connectivity index (χ3v) is 8.18. The first-order valence-corrected chi connectivity index (χ1v) is 14.0. The van der Waals surface area contributed by atoms with Gasteiger partial charge in [-0.25, -0.2) is 4.68 Å². The average molecular weight is 576 g/mol. The lowest BCUT2D eigenvalue weighted by atomic mass is 9.96. The van der Waals surface area contributed by atoms with Gasteiger partial charge in [-0.05, 0) is 28.8 Å². The predicted octanol–water partition coefficient (Wildman–Crippen LogP) is 6.10. The largest absolute Gasteiger partial charge is 0.497 e. The van der Waals surface area contributed by atoms with Crippen molar-refractivity contribution in [3.8, 4) is 5.75 Å². The second-order valence-electron chi connectivity index (χ2n) is 10.7. The Morgan fingerprint density at radius 3 is 2.05 bits per heavy atom. The van der Waals surface area contributed by atoms with Gasteiger partial charge in [0.05, 0.1) is 25.4 Å². The monoisotopic (exact) mass is 575 g/mol. The normalized spacial score (nSPS) is 19.3. The van der Waals surface area contributed by atoms with E-state index in [4.69, 9.17) is 4.74 Å². The van der Waals surface area contributed by atoms with Crippen LogP contribution in [0.15, 0.2) is 91.1 Å². The number of methoxy groups -OCH3 is 1. The van der Waals surface area contributed by atoms with Crippen molar-refractivity contribution in [3.05, 3.63) is 113 Å². The maximum atomic E-state index is 14.2. The van der Waals surface area contributed by atoms with Crippen LogP contribution in [0.25, 0.3) is 0 Å². The first kappa shape index (κ1) is 27.8. The summed E-state index contributed by atoms with van der Waals surface area (Å²) in [6.07, 6.45) is -3.50. The van der Waals surface area contributed by atoms with Gasteiger partial charge in [-0.2, -0.15) is 18.3 Å². The zero-order valence-electron chi connectivity index (χ0n) is 23.2. The molecule has 6 rings (SSSR count). The molecule has 0 bridgehead atoms. The highest BCUT2D eigenvalue weighted by Crippen LogP contribution is 2.44. The summed E-state index contributed by atoms with van der Waals surface area (Å²) in [6, 6.07) is 25.0. The molecule has 1 amide bonds. The minimum atomic E-state index is -4.52. The van der Waals surface area contributed by atoms with Crippen LogP contribution in [0.1, 0.15) is 51.6 Å². The quantitative estimate of drug-likeness (QED) is 0.301. The maximum Gasteiger partial charge on any atom is 0.410 e. The van der Waals surface area contributed by atoms with E-state index in [2.05, 4.69) is 39.6 Å². The number of carbonyl (C=O) groups is 1. The van der Waals surface area contributed by atoms with Crippen molar-refractivity contribution in [3.63, 3.8) is 0 Å². The van der Waals surface area contributed by atoms with Gasteiger partial charge < -0.3 is 15.0 Å². The first-order valence-electron chi connectivity index (χ1n) is 14.0. The molecule has 3 heterocycles. The number of nitrogens with zero attached hydrogens (tertiary/aromatic N) is 4. The molecule has 0 aliphatic carbocycles. The second kappa shape index (κ2) is 11.5. The summed E-state index contributed by atoms with van der Waals surface area (Å²) in [5.41, 5.74) is 3.17. The lowest BCUT2D eigenvalue weighted by molar-refractivity contribution is -0.173. The van der Waals surface area contributed by atoms with E-state index in [1.165, 1.54) is 24.4 Å². The smallest absolute Gasteiger partial charge is 0.410 e. The van der Waals surface area contributed by atoms with E-state index in [1.54, 1.807) is 29.2 Å². The number of ether oxygens (including phenoxy) is 1.